The van der Waals surface area contributed by atoms with E-state index < -0.39 is 0 Å². The molecular weight excluding hydrogens is 489 g/mol. The fourth-order valence-corrected chi connectivity index (χ4v) is 4.52. The number of carbonyl (C=O) groups excluding carboxylic acids is 1. The fourth-order valence-electron chi connectivity index (χ4n) is 4.52. The Balaban J connectivity index is 0.00000320. The van der Waals surface area contributed by atoms with Crippen LogP contribution in [0.4, 0.5) is 0 Å². The zero-order valence-corrected chi connectivity index (χ0v) is 20.6. The normalized spacial score (nSPS) is 20.5. The van der Waals surface area contributed by atoms with Crippen molar-refractivity contribution in [2.75, 3.05) is 32.7 Å². The van der Waals surface area contributed by atoms with E-state index in [4.69, 9.17) is 10.7 Å². The molecule has 6 nitrogen and oxygen atoms in total. The van der Waals surface area contributed by atoms with Gasteiger partial charge in [0.15, 0.2) is 5.96 Å². The molecule has 0 bridgehead atoms. The van der Waals surface area contributed by atoms with Gasteiger partial charge in [0.05, 0.1) is 6.54 Å². The zero-order valence-electron chi connectivity index (χ0n) is 18.3. The van der Waals surface area contributed by atoms with E-state index in [-0.39, 0.29) is 29.9 Å². The second-order valence-electron chi connectivity index (χ2n) is 8.40. The summed E-state index contributed by atoms with van der Waals surface area (Å²) in [7, 11) is 0. The van der Waals surface area contributed by atoms with Gasteiger partial charge in [-0.1, -0.05) is 30.7 Å². The Kier molecular flexibility index (Phi) is 10.9. The number of nitrogens with two attached hydrogens (primary N) is 1. The van der Waals surface area contributed by atoms with Gasteiger partial charge in [-0.15, -0.1) is 24.0 Å². The van der Waals surface area contributed by atoms with Crippen LogP contribution in [0.3, 0.4) is 0 Å². The molecule has 168 valence electrons. The Morgan fingerprint density at radius 2 is 1.87 bits per heavy atom. The molecule has 0 aromatic heterocycles. The van der Waals surface area contributed by atoms with E-state index in [2.05, 4.69) is 46.3 Å². The van der Waals surface area contributed by atoms with Gasteiger partial charge in [0.1, 0.15) is 0 Å². The predicted octanol–water partition coefficient (Wildman–Crippen LogP) is 3.34. The Labute approximate surface area is 198 Å². The minimum absolute atomic E-state index is 0. The van der Waals surface area contributed by atoms with Crippen LogP contribution in [0.25, 0.3) is 0 Å². The number of carbonyl (C=O) groups is 1. The van der Waals surface area contributed by atoms with Gasteiger partial charge in [-0.05, 0) is 62.7 Å². The van der Waals surface area contributed by atoms with Crippen molar-refractivity contribution in [1.29, 1.82) is 0 Å². The van der Waals surface area contributed by atoms with E-state index in [0.29, 0.717) is 18.9 Å². The average molecular weight is 527 g/mol. The highest BCUT2D eigenvalue weighted by atomic mass is 127. The van der Waals surface area contributed by atoms with Gasteiger partial charge in [-0.3, -0.25) is 9.69 Å². The molecule has 1 aromatic carbocycles. The number of hydrogen-bond acceptors (Lipinski definition) is 3. The van der Waals surface area contributed by atoms with Gasteiger partial charge in [0.2, 0.25) is 5.91 Å². The summed E-state index contributed by atoms with van der Waals surface area (Å²) in [5, 5.41) is 3.45. The van der Waals surface area contributed by atoms with Crippen molar-refractivity contribution in [2.45, 2.75) is 58.5 Å². The number of nitrogens with one attached hydrogen (secondary N) is 1. The number of halogens is 1. The molecule has 2 saturated heterocycles. The molecule has 2 aliphatic heterocycles. The van der Waals surface area contributed by atoms with Crippen LogP contribution in [0.5, 0.6) is 0 Å². The van der Waals surface area contributed by atoms with Crippen LogP contribution in [0.15, 0.2) is 29.3 Å². The fraction of sp³-hybridized carbons (Fsp3) is 0.652. The quantitative estimate of drug-likeness (QED) is 0.324. The first-order valence-corrected chi connectivity index (χ1v) is 11.3. The van der Waals surface area contributed by atoms with Crippen LogP contribution in [-0.4, -0.2) is 54.4 Å². The van der Waals surface area contributed by atoms with Crippen LogP contribution < -0.4 is 11.1 Å². The molecule has 1 amide bonds. The molecule has 0 spiro atoms. The smallest absolute Gasteiger partial charge is 0.217 e. The van der Waals surface area contributed by atoms with E-state index in [1.54, 1.807) is 0 Å². The number of amides is 1. The molecule has 0 radical (unpaired) electrons. The largest absolute Gasteiger partial charge is 0.370 e. The first kappa shape index (κ1) is 24.9. The Bertz CT molecular complexity index is 690. The number of likely N-dealkylation sites (tertiary alicyclic amines) is 2. The summed E-state index contributed by atoms with van der Waals surface area (Å²) in [6, 6.07) is 8.70. The van der Waals surface area contributed by atoms with Gasteiger partial charge in [-0.25, -0.2) is 4.99 Å². The van der Waals surface area contributed by atoms with Crippen LogP contribution >= 0.6 is 24.0 Å². The third kappa shape index (κ3) is 7.72. The Morgan fingerprint density at radius 1 is 1.13 bits per heavy atom. The molecule has 1 atom stereocenters. The molecule has 2 fully saturated rings. The van der Waals surface area contributed by atoms with E-state index in [9.17, 15) is 4.79 Å². The first-order valence-electron chi connectivity index (χ1n) is 11.3. The van der Waals surface area contributed by atoms with Crippen LogP contribution in [0, 0.1) is 5.92 Å². The van der Waals surface area contributed by atoms with Crippen molar-refractivity contribution >= 4 is 35.8 Å². The first-order chi connectivity index (χ1) is 14.2. The lowest BCUT2D eigenvalue weighted by Crippen LogP contribution is -2.47. The molecular formula is C23H38IN5O. The van der Waals surface area contributed by atoms with Crippen molar-refractivity contribution in [1.82, 2.24) is 15.1 Å². The molecule has 3 rings (SSSR count). The van der Waals surface area contributed by atoms with E-state index in [1.807, 2.05) is 0 Å². The lowest BCUT2D eigenvalue weighted by atomic mass is 9.95. The Morgan fingerprint density at radius 3 is 2.57 bits per heavy atom. The summed E-state index contributed by atoms with van der Waals surface area (Å²) in [6.45, 7) is 8.89. The molecule has 0 saturated carbocycles. The Hall–Kier alpha value is -1.35. The van der Waals surface area contributed by atoms with Crippen LogP contribution in [0.1, 0.15) is 56.6 Å². The highest BCUT2D eigenvalue weighted by Gasteiger charge is 2.23. The summed E-state index contributed by atoms with van der Waals surface area (Å²) < 4.78 is 0. The monoisotopic (exact) mass is 527 g/mol. The van der Waals surface area contributed by atoms with Crippen molar-refractivity contribution < 1.29 is 4.79 Å². The number of hydrogen-bond donors (Lipinski definition) is 2. The summed E-state index contributed by atoms with van der Waals surface area (Å²) in [6.07, 6.45) is 6.60. The van der Waals surface area contributed by atoms with Gasteiger partial charge < -0.3 is 16.0 Å². The third-order valence-corrected chi connectivity index (χ3v) is 6.00. The number of guanidine groups is 1. The maximum Gasteiger partial charge on any atom is 0.217 e. The number of piperidine rings is 2. The van der Waals surface area contributed by atoms with Gasteiger partial charge in [0, 0.05) is 32.6 Å². The molecule has 0 aliphatic carbocycles. The zero-order chi connectivity index (χ0) is 20.5. The molecule has 1 unspecified atom stereocenters. The van der Waals surface area contributed by atoms with Crippen molar-refractivity contribution in [3.05, 3.63) is 35.4 Å². The maximum absolute atomic E-state index is 11.3. The number of rotatable bonds is 7. The second-order valence-corrected chi connectivity index (χ2v) is 8.40. The van der Waals surface area contributed by atoms with E-state index in [1.165, 1.54) is 43.5 Å². The average Bonchev–Trinajstić information content (AvgIpc) is 2.72. The highest BCUT2D eigenvalue weighted by molar-refractivity contribution is 14.0. The second kappa shape index (κ2) is 13.1. The summed E-state index contributed by atoms with van der Waals surface area (Å²) in [5.41, 5.74) is 8.12. The predicted molar refractivity (Wildman–Crippen MR) is 134 cm³/mol. The van der Waals surface area contributed by atoms with E-state index in [0.717, 1.165) is 45.0 Å². The number of primary amides is 1. The van der Waals surface area contributed by atoms with Gasteiger partial charge in [0.25, 0.3) is 0 Å². The topological polar surface area (TPSA) is 74.0 Å². The summed E-state index contributed by atoms with van der Waals surface area (Å²) in [5.74, 6) is 1.08. The minimum Gasteiger partial charge on any atom is -0.370 e. The third-order valence-electron chi connectivity index (χ3n) is 6.00. The molecule has 3 N–H and O–H groups in total. The van der Waals surface area contributed by atoms with Gasteiger partial charge in [-0.2, -0.15) is 0 Å². The molecule has 30 heavy (non-hydrogen) atoms. The van der Waals surface area contributed by atoms with Crippen molar-refractivity contribution in [3.63, 3.8) is 0 Å². The summed E-state index contributed by atoms with van der Waals surface area (Å²) in [4.78, 5) is 21.2. The minimum atomic E-state index is -0.203. The SMILES string of the molecule is CCNC(=NCc1ccccc1CN1CCCCC1)N1CCCC(CC(N)=O)C1.I. The van der Waals surface area contributed by atoms with Crippen LogP contribution in [-0.2, 0) is 17.9 Å². The highest BCUT2D eigenvalue weighted by Crippen LogP contribution is 2.20. The number of benzene rings is 1. The lowest BCUT2D eigenvalue weighted by Gasteiger charge is -2.34. The van der Waals surface area contributed by atoms with Crippen molar-refractivity contribution in [2.24, 2.45) is 16.6 Å². The molecule has 2 aliphatic rings. The maximum atomic E-state index is 11.3. The van der Waals surface area contributed by atoms with Gasteiger partial charge >= 0.3 is 0 Å². The molecule has 1 aromatic rings. The van der Waals surface area contributed by atoms with Crippen molar-refractivity contribution in [3.8, 4) is 0 Å². The molecule has 7 heteroatoms. The lowest BCUT2D eigenvalue weighted by molar-refractivity contribution is -0.119. The van der Waals surface area contributed by atoms with Crippen LogP contribution in [0.2, 0.25) is 0 Å². The number of nitrogens with zero attached hydrogens (tertiary/aromatic N) is 3. The summed E-state index contributed by atoms with van der Waals surface area (Å²) >= 11 is 0. The molecule has 2 heterocycles. The van der Waals surface area contributed by atoms with E-state index >= 15 is 0 Å². The number of aliphatic imine (C=N–C) groups is 1. The standard InChI is InChI=1S/C23H37N5O.HI/c1-2-25-23(28-14-8-9-19(17-28)15-22(24)29)26-16-20-10-4-5-11-21(20)18-27-12-6-3-7-13-27;/h4-5,10-11,19H,2-3,6-9,12-18H2,1H3,(H2,24,29)(H,25,26);1H.